The van der Waals surface area contributed by atoms with Crippen LogP contribution in [0.15, 0.2) is 30.4 Å². The van der Waals surface area contributed by atoms with E-state index < -0.39 is 41.4 Å². The molecule has 1 aliphatic heterocycles. The van der Waals surface area contributed by atoms with Gasteiger partial charge < -0.3 is 9.47 Å². The quantitative estimate of drug-likeness (QED) is 0.595. The first kappa shape index (κ1) is 19.9. The van der Waals surface area contributed by atoms with Crippen molar-refractivity contribution < 1.29 is 27.8 Å². The Bertz CT molecular complexity index is 712. The lowest BCUT2D eigenvalue weighted by Crippen LogP contribution is -2.40. The fraction of sp³-hybridized carbons (Fsp3) is 0.474. The van der Waals surface area contributed by atoms with Crippen molar-refractivity contribution in [3.05, 3.63) is 47.5 Å². The smallest absolute Gasteiger partial charge is 0.411 e. The molecule has 1 heterocycles. The SMILES string of the molecule is COC(=O)C=C[C@H]1CC[C@@H](c2ccc(F)c(F)c2)N1C(=O)OC(C)(C)C. The van der Waals surface area contributed by atoms with Gasteiger partial charge in [0.2, 0.25) is 0 Å². The van der Waals surface area contributed by atoms with Crippen molar-refractivity contribution in [3.8, 4) is 0 Å². The molecular weight excluding hydrogens is 344 g/mol. The van der Waals surface area contributed by atoms with Gasteiger partial charge in [-0.2, -0.15) is 0 Å². The first-order chi connectivity index (χ1) is 12.1. The van der Waals surface area contributed by atoms with Gasteiger partial charge >= 0.3 is 12.1 Å². The Hall–Kier alpha value is -2.44. The fourth-order valence-corrected chi connectivity index (χ4v) is 2.91. The molecule has 0 bridgehead atoms. The molecule has 0 unspecified atom stereocenters. The number of rotatable bonds is 3. The molecule has 2 rings (SSSR count). The van der Waals surface area contributed by atoms with E-state index in [9.17, 15) is 18.4 Å². The minimum Gasteiger partial charge on any atom is -0.466 e. The van der Waals surface area contributed by atoms with E-state index in [1.165, 1.54) is 24.2 Å². The summed E-state index contributed by atoms with van der Waals surface area (Å²) in [6.45, 7) is 5.23. The highest BCUT2D eigenvalue weighted by Crippen LogP contribution is 2.38. The lowest BCUT2D eigenvalue weighted by Gasteiger charge is -2.32. The minimum absolute atomic E-state index is 0.415. The maximum atomic E-state index is 13.6. The zero-order valence-corrected chi connectivity index (χ0v) is 15.3. The highest BCUT2D eigenvalue weighted by Gasteiger charge is 2.39. The number of halogens is 2. The summed E-state index contributed by atoms with van der Waals surface area (Å²) in [5.74, 6) is -2.46. The molecule has 0 aliphatic carbocycles. The summed E-state index contributed by atoms with van der Waals surface area (Å²) in [6.07, 6.45) is 3.31. The van der Waals surface area contributed by atoms with Crippen molar-refractivity contribution in [2.75, 3.05) is 7.11 Å². The molecule has 0 spiro atoms. The topological polar surface area (TPSA) is 55.8 Å². The number of carbonyl (C=O) groups excluding carboxylic acids is 2. The number of likely N-dealkylation sites (tertiary alicyclic amines) is 1. The van der Waals surface area contributed by atoms with Crippen LogP contribution in [-0.4, -0.2) is 35.7 Å². The van der Waals surface area contributed by atoms with Crippen LogP contribution in [0.2, 0.25) is 0 Å². The summed E-state index contributed by atoms with van der Waals surface area (Å²) in [5, 5.41) is 0. The Kier molecular flexibility index (Phi) is 6.00. The number of methoxy groups -OCH3 is 1. The second-order valence-corrected chi connectivity index (χ2v) is 7.10. The fourth-order valence-electron chi connectivity index (χ4n) is 2.91. The molecule has 1 aromatic carbocycles. The summed E-state index contributed by atoms with van der Waals surface area (Å²) in [5.41, 5.74) is -0.238. The standard InChI is InChI=1S/C19H23F2NO4/c1-19(2,3)26-18(24)22-13(7-10-17(23)25-4)6-9-16(22)12-5-8-14(20)15(21)11-12/h5,7-8,10-11,13,16H,6,9H2,1-4H3/t13-,16+/m1/s1. The molecule has 0 saturated carbocycles. The van der Waals surface area contributed by atoms with Gasteiger partial charge in [-0.1, -0.05) is 12.1 Å². The summed E-state index contributed by atoms with van der Waals surface area (Å²) < 4.78 is 36.9. The van der Waals surface area contributed by atoms with Gasteiger partial charge in [-0.15, -0.1) is 0 Å². The predicted octanol–water partition coefficient (Wildman–Crippen LogP) is 4.13. The molecule has 5 nitrogen and oxygen atoms in total. The van der Waals surface area contributed by atoms with E-state index in [4.69, 9.17) is 4.74 Å². The van der Waals surface area contributed by atoms with E-state index in [1.54, 1.807) is 26.8 Å². The second-order valence-electron chi connectivity index (χ2n) is 7.10. The molecule has 2 atom stereocenters. The lowest BCUT2D eigenvalue weighted by molar-refractivity contribution is -0.134. The van der Waals surface area contributed by atoms with E-state index in [1.807, 2.05) is 0 Å². The number of hydrogen-bond donors (Lipinski definition) is 0. The number of esters is 1. The number of ether oxygens (including phenoxy) is 2. The molecule has 1 aromatic rings. The maximum absolute atomic E-state index is 13.6. The van der Waals surface area contributed by atoms with Gasteiger partial charge in [0.1, 0.15) is 5.60 Å². The van der Waals surface area contributed by atoms with Crippen molar-refractivity contribution in [2.24, 2.45) is 0 Å². The highest BCUT2D eigenvalue weighted by atomic mass is 19.2. The summed E-state index contributed by atoms with van der Waals surface area (Å²) in [6, 6.07) is 2.68. The number of carbonyl (C=O) groups is 2. The van der Waals surface area contributed by atoms with Crippen LogP contribution in [0.25, 0.3) is 0 Å². The summed E-state index contributed by atoms with van der Waals surface area (Å²) in [4.78, 5) is 25.5. The molecule has 1 amide bonds. The third-order valence-corrected chi connectivity index (χ3v) is 4.02. The van der Waals surface area contributed by atoms with Crippen molar-refractivity contribution in [1.29, 1.82) is 0 Å². The van der Waals surface area contributed by atoms with Gasteiger partial charge in [-0.3, -0.25) is 4.90 Å². The molecule has 1 fully saturated rings. The Morgan fingerprint density at radius 2 is 1.88 bits per heavy atom. The zero-order valence-electron chi connectivity index (χ0n) is 15.3. The van der Waals surface area contributed by atoms with E-state index in [2.05, 4.69) is 4.74 Å². The Balaban J connectivity index is 2.33. The number of amides is 1. The third kappa shape index (κ3) is 4.80. The number of hydrogen-bond acceptors (Lipinski definition) is 4. The first-order valence-electron chi connectivity index (χ1n) is 8.35. The van der Waals surface area contributed by atoms with Gasteiger partial charge in [-0.05, 0) is 51.3 Å². The van der Waals surface area contributed by atoms with Crippen LogP contribution in [0.4, 0.5) is 13.6 Å². The van der Waals surface area contributed by atoms with Crippen LogP contribution in [0.1, 0.15) is 45.2 Å². The summed E-state index contributed by atoms with van der Waals surface area (Å²) >= 11 is 0. The molecule has 1 aliphatic rings. The van der Waals surface area contributed by atoms with E-state index in [0.29, 0.717) is 18.4 Å². The minimum atomic E-state index is -0.972. The van der Waals surface area contributed by atoms with E-state index >= 15 is 0 Å². The summed E-state index contributed by atoms with van der Waals surface area (Å²) in [7, 11) is 1.26. The van der Waals surface area contributed by atoms with Crippen molar-refractivity contribution >= 4 is 12.1 Å². The van der Waals surface area contributed by atoms with E-state index in [-0.39, 0.29) is 0 Å². The van der Waals surface area contributed by atoms with Gasteiger partial charge in [-0.25, -0.2) is 18.4 Å². The Labute approximate surface area is 151 Å². The van der Waals surface area contributed by atoms with Crippen molar-refractivity contribution in [2.45, 2.75) is 51.3 Å². The molecule has 142 valence electrons. The van der Waals surface area contributed by atoms with Crippen LogP contribution in [0, 0.1) is 11.6 Å². The van der Waals surface area contributed by atoms with Crippen LogP contribution >= 0.6 is 0 Å². The molecule has 0 aromatic heterocycles. The van der Waals surface area contributed by atoms with Gasteiger partial charge in [0, 0.05) is 6.08 Å². The Morgan fingerprint density at radius 1 is 1.19 bits per heavy atom. The van der Waals surface area contributed by atoms with Gasteiger partial charge in [0.15, 0.2) is 11.6 Å². The normalized spacial score (nSPS) is 20.5. The third-order valence-electron chi connectivity index (χ3n) is 4.02. The molecule has 0 radical (unpaired) electrons. The second kappa shape index (κ2) is 7.85. The monoisotopic (exact) mass is 367 g/mol. The average molecular weight is 367 g/mol. The Morgan fingerprint density at radius 3 is 2.46 bits per heavy atom. The molecule has 26 heavy (non-hydrogen) atoms. The maximum Gasteiger partial charge on any atom is 0.411 e. The van der Waals surface area contributed by atoms with Crippen LogP contribution in [0.5, 0.6) is 0 Å². The number of nitrogens with zero attached hydrogens (tertiary/aromatic N) is 1. The van der Waals surface area contributed by atoms with Crippen LogP contribution in [-0.2, 0) is 14.3 Å². The van der Waals surface area contributed by atoms with E-state index in [0.717, 1.165) is 12.1 Å². The highest BCUT2D eigenvalue weighted by molar-refractivity contribution is 5.82. The van der Waals surface area contributed by atoms with Gasteiger partial charge in [0.05, 0.1) is 19.2 Å². The first-order valence-corrected chi connectivity index (χ1v) is 8.35. The average Bonchev–Trinajstić information content (AvgIpc) is 2.97. The number of benzene rings is 1. The molecule has 0 N–H and O–H groups in total. The van der Waals surface area contributed by atoms with Crippen LogP contribution in [0.3, 0.4) is 0 Å². The molecule has 1 saturated heterocycles. The van der Waals surface area contributed by atoms with Crippen molar-refractivity contribution in [3.63, 3.8) is 0 Å². The predicted molar refractivity (Wildman–Crippen MR) is 91.4 cm³/mol. The van der Waals surface area contributed by atoms with Gasteiger partial charge in [0.25, 0.3) is 0 Å². The molecular formula is C19H23F2NO4. The zero-order chi connectivity index (χ0) is 19.5. The van der Waals surface area contributed by atoms with Crippen molar-refractivity contribution in [1.82, 2.24) is 4.90 Å². The largest absolute Gasteiger partial charge is 0.466 e. The lowest BCUT2D eigenvalue weighted by atomic mass is 10.0. The van der Waals surface area contributed by atoms with Crippen LogP contribution < -0.4 is 0 Å². The molecule has 7 heteroatoms.